The molecule has 3 atom stereocenters. The van der Waals surface area contributed by atoms with Crippen molar-refractivity contribution in [1.82, 2.24) is 20.4 Å². The number of rotatable bonds is 5. The van der Waals surface area contributed by atoms with Gasteiger partial charge in [0.25, 0.3) is 5.71 Å². The SMILES string of the molecule is Cc1noc2nc(CCC(=O)N[C@@H]3CCCc4ccccc43)nc(N3C[C@H](C)C[C@@H](C)C3)c12. The summed E-state index contributed by atoms with van der Waals surface area (Å²) >= 11 is 0. The standard InChI is InChI=1S/C26H33N5O2/c1-16-13-17(2)15-31(14-16)25-24-18(3)30-33-26(24)29-22(28-25)11-12-23(32)27-21-10-6-8-19-7-4-5-9-20(19)21/h4-5,7,9,16-17,21H,6,8,10-15H2,1-3H3,(H,27,32)/t16-,17-,21-/m1/s1. The highest BCUT2D eigenvalue weighted by atomic mass is 16.5. The summed E-state index contributed by atoms with van der Waals surface area (Å²) in [6.07, 6.45) is 5.22. The van der Waals surface area contributed by atoms with Crippen LogP contribution in [0.2, 0.25) is 0 Å². The number of piperidine rings is 1. The van der Waals surface area contributed by atoms with E-state index >= 15 is 0 Å². The summed E-state index contributed by atoms with van der Waals surface area (Å²) in [5, 5.41) is 8.27. The van der Waals surface area contributed by atoms with E-state index in [1.54, 1.807) is 0 Å². The third kappa shape index (κ3) is 4.59. The van der Waals surface area contributed by atoms with Crippen LogP contribution in [-0.2, 0) is 17.6 Å². The minimum atomic E-state index is 0.0379. The predicted molar refractivity (Wildman–Crippen MR) is 128 cm³/mol. The van der Waals surface area contributed by atoms with E-state index in [1.165, 1.54) is 17.5 Å². The van der Waals surface area contributed by atoms with Gasteiger partial charge in [0.05, 0.1) is 11.7 Å². The Kier molecular flexibility index (Phi) is 6.04. The highest BCUT2D eigenvalue weighted by Crippen LogP contribution is 2.32. The van der Waals surface area contributed by atoms with Crippen LogP contribution in [0.4, 0.5) is 5.82 Å². The molecule has 0 radical (unpaired) electrons. The van der Waals surface area contributed by atoms with Gasteiger partial charge in [0.15, 0.2) is 0 Å². The number of benzene rings is 1. The van der Waals surface area contributed by atoms with Crippen molar-refractivity contribution in [3.63, 3.8) is 0 Å². The lowest BCUT2D eigenvalue weighted by Crippen LogP contribution is -2.39. The first-order valence-corrected chi connectivity index (χ1v) is 12.2. The fourth-order valence-electron chi connectivity index (χ4n) is 5.58. The maximum atomic E-state index is 12.8. The Morgan fingerprint density at radius 1 is 1.18 bits per heavy atom. The Hall–Kier alpha value is -2.96. The number of carbonyl (C=O) groups is 1. The molecule has 3 aromatic rings. The lowest BCUT2D eigenvalue weighted by atomic mass is 9.87. The monoisotopic (exact) mass is 447 g/mol. The Bertz CT molecular complexity index is 1150. The van der Waals surface area contributed by atoms with Gasteiger partial charge < -0.3 is 14.7 Å². The lowest BCUT2D eigenvalue weighted by Gasteiger charge is -2.36. The van der Waals surface area contributed by atoms with Crippen LogP contribution in [0, 0.1) is 18.8 Å². The second kappa shape index (κ2) is 9.12. The third-order valence-electron chi connectivity index (χ3n) is 6.98. The van der Waals surface area contributed by atoms with Gasteiger partial charge in [-0.15, -0.1) is 0 Å². The van der Waals surface area contributed by atoms with E-state index in [1.807, 2.05) is 6.92 Å². The molecule has 1 N–H and O–H groups in total. The molecule has 2 aliphatic rings. The Morgan fingerprint density at radius 3 is 2.79 bits per heavy atom. The first-order chi connectivity index (χ1) is 16.0. The van der Waals surface area contributed by atoms with Crippen LogP contribution in [0.15, 0.2) is 28.8 Å². The molecule has 2 aromatic heterocycles. The van der Waals surface area contributed by atoms with Crippen LogP contribution < -0.4 is 10.2 Å². The van der Waals surface area contributed by atoms with E-state index in [0.717, 1.165) is 49.2 Å². The van der Waals surface area contributed by atoms with Gasteiger partial charge in [-0.1, -0.05) is 43.3 Å². The fraction of sp³-hybridized carbons (Fsp3) is 0.538. The maximum Gasteiger partial charge on any atom is 0.263 e. The maximum absolute atomic E-state index is 12.8. The van der Waals surface area contributed by atoms with Gasteiger partial charge in [0, 0.05) is 25.9 Å². The number of amides is 1. The van der Waals surface area contributed by atoms with Gasteiger partial charge in [-0.05, 0) is 55.6 Å². The molecule has 1 aliphatic carbocycles. The molecule has 33 heavy (non-hydrogen) atoms. The molecule has 0 spiro atoms. The van der Waals surface area contributed by atoms with E-state index in [2.05, 4.69) is 58.5 Å². The number of anilines is 1. The Balaban J connectivity index is 1.32. The van der Waals surface area contributed by atoms with Crippen LogP contribution in [-0.4, -0.2) is 34.1 Å². The minimum Gasteiger partial charge on any atom is -0.355 e. The molecule has 3 heterocycles. The summed E-state index contributed by atoms with van der Waals surface area (Å²) in [5.41, 5.74) is 3.92. The molecule has 5 rings (SSSR count). The number of nitrogens with one attached hydrogen (secondary N) is 1. The molecule has 7 heteroatoms. The zero-order chi connectivity index (χ0) is 22.9. The van der Waals surface area contributed by atoms with Crippen molar-refractivity contribution >= 4 is 22.8 Å². The van der Waals surface area contributed by atoms with Crippen molar-refractivity contribution in [3.05, 3.63) is 46.9 Å². The molecular formula is C26H33N5O2. The zero-order valence-electron chi connectivity index (χ0n) is 19.8. The van der Waals surface area contributed by atoms with Gasteiger partial charge in [0.2, 0.25) is 5.91 Å². The number of hydrogen-bond acceptors (Lipinski definition) is 6. The molecule has 0 saturated carbocycles. The second-order valence-corrected chi connectivity index (χ2v) is 9.97. The number of carbonyl (C=O) groups excluding carboxylic acids is 1. The number of aromatic nitrogens is 3. The van der Waals surface area contributed by atoms with Crippen molar-refractivity contribution in [2.45, 2.75) is 65.3 Å². The predicted octanol–water partition coefficient (Wildman–Crippen LogP) is 4.53. The second-order valence-electron chi connectivity index (χ2n) is 9.97. The Labute approximate surface area is 195 Å². The molecule has 1 aromatic carbocycles. The van der Waals surface area contributed by atoms with Crippen molar-refractivity contribution in [2.75, 3.05) is 18.0 Å². The highest BCUT2D eigenvalue weighted by Gasteiger charge is 2.27. The minimum absolute atomic E-state index is 0.0379. The van der Waals surface area contributed by atoms with E-state index in [4.69, 9.17) is 9.51 Å². The third-order valence-corrected chi connectivity index (χ3v) is 6.98. The number of nitrogens with zero attached hydrogens (tertiary/aromatic N) is 4. The van der Waals surface area contributed by atoms with Crippen LogP contribution in [0.1, 0.15) is 68.2 Å². The summed E-state index contributed by atoms with van der Waals surface area (Å²) in [4.78, 5) is 24.7. The van der Waals surface area contributed by atoms with Crippen LogP contribution in [0.3, 0.4) is 0 Å². The molecular weight excluding hydrogens is 414 g/mol. The summed E-state index contributed by atoms with van der Waals surface area (Å²) in [6, 6.07) is 8.52. The average Bonchev–Trinajstić information content (AvgIpc) is 3.17. The number of hydrogen-bond donors (Lipinski definition) is 1. The number of aryl methyl sites for hydroxylation is 3. The van der Waals surface area contributed by atoms with Crippen LogP contribution >= 0.6 is 0 Å². The molecule has 1 amide bonds. The lowest BCUT2D eigenvalue weighted by molar-refractivity contribution is -0.121. The molecule has 0 bridgehead atoms. The number of fused-ring (bicyclic) bond motifs is 2. The van der Waals surface area contributed by atoms with Crippen molar-refractivity contribution in [1.29, 1.82) is 0 Å². The summed E-state index contributed by atoms with van der Waals surface area (Å²) in [6.45, 7) is 8.43. The highest BCUT2D eigenvalue weighted by molar-refractivity contribution is 5.88. The summed E-state index contributed by atoms with van der Waals surface area (Å²) in [7, 11) is 0. The van der Waals surface area contributed by atoms with Gasteiger partial charge in [-0.25, -0.2) is 4.98 Å². The molecule has 0 unspecified atom stereocenters. The van der Waals surface area contributed by atoms with Gasteiger partial charge in [0.1, 0.15) is 17.0 Å². The summed E-state index contributed by atoms with van der Waals surface area (Å²) < 4.78 is 5.51. The molecule has 1 saturated heterocycles. The van der Waals surface area contributed by atoms with E-state index in [0.29, 0.717) is 36.2 Å². The largest absolute Gasteiger partial charge is 0.355 e. The topological polar surface area (TPSA) is 84.1 Å². The molecule has 7 nitrogen and oxygen atoms in total. The normalized spacial score (nSPS) is 22.9. The zero-order valence-corrected chi connectivity index (χ0v) is 19.8. The van der Waals surface area contributed by atoms with Crippen molar-refractivity contribution in [2.24, 2.45) is 11.8 Å². The van der Waals surface area contributed by atoms with E-state index < -0.39 is 0 Å². The Morgan fingerprint density at radius 2 is 1.97 bits per heavy atom. The average molecular weight is 448 g/mol. The van der Waals surface area contributed by atoms with Crippen LogP contribution in [0.25, 0.3) is 11.1 Å². The van der Waals surface area contributed by atoms with Gasteiger partial charge in [-0.2, -0.15) is 4.98 Å². The van der Waals surface area contributed by atoms with Gasteiger partial charge in [-0.3, -0.25) is 4.79 Å². The fourth-order valence-corrected chi connectivity index (χ4v) is 5.58. The molecule has 174 valence electrons. The first-order valence-electron chi connectivity index (χ1n) is 12.2. The smallest absolute Gasteiger partial charge is 0.263 e. The molecule has 1 fully saturated rings. The van der Waals surface area contributed by atoms with Crippen LogP contribution in [0.5, 0.6) is 0 Å². The van der Waals surface area contributed by atoms with E-state index in [9.17, 15) is 4.79 Å². The quantitative estimate of drug-likeness (QED) is 0.618. The molecule has 1 aliphatic heterocycles. The first kappa shape index (κ1) is 21.9. The summed E-state index contributed by atoms with van der Waals surface area (Å²) in [5.74, 6) is 2.78. The van der Waals surface area contributed by atoms with Crippen molar-refractivity contribution < 1.29 is 9.32 Å². The van der Waals surface area contributed by atoms with Gasteiger partial charge >= 0.3 is 0 Å². The van der Waals surface area contributed by atoms with Crippen molar-refractivity contribution in [3.8, 4) is 0 Å². The van der Waals surface area contributed by atoms with E-state index in [-0.39, 0.29) is 11.9 Å².